The Bertz CT molecular complexity index is 665. The molecular formula is C16H21N3O2. The van der Waals surface area contributed by atoms with E-state index < -0.39 is 0 Å². The first-order valence-electron chi connectivity index (χ1n) is 7.33. The Labute approximate surface area is 124 Å². The van der Waals surface area contributed by atoms with E-state index in [-0.39, 0.29) is 11.9 Å². The van der Waals surface area contributed by atoms with Gasteiger partial charge in [0, 0.05) is 30.2 Å². The highest BCUT2D eigenvalue weighted by Crippen LogP contribution is 2.23. The van der Waals surface area contributed by atoms with Gasteiger partial charge in [0.25, 0.3) is 5.91 Å². The molecule has 1 aromatic carbocycles. The maximum Gasteiger partial charge on any atom is 0.289 e. The van der Waals surface area contributed by atoms with Crippen LogP contribution in [-0.4, -0.2) is 48.4 Å². The second kappa shape index (κ2) is 5.41. The number of carbonyl (C=O) groups excluding carboxylic acids is 1. The van der Waals surface area contributed by atoms with Crippen LogP contribution in [-0.2, 0) is 0 Å². The summed E-state index contributed by atoms with van der Waals surface area (Å²) >= 11 is 0. The number of amides is 1. The van der Waals surface area contributed by atoms with Gasteiger partial charge in [-0.15, -0.1) is 0 Å². The number of carbonyl (C=O) groups is 1. The molecule has 1 aromatic heterocycles. The van der Waals surface area contributed by atoms with Gasteiger partial charge in [0.2, 0.25) is 0 Å². The summed E-state index contributed by atoms with van der Waals surface area (Å²) < 4.78 is 5.69. The van der Waals surface area contributed by atoms with E-state index in [4.69, 9.17) is 10.2 Å². The van der Waals surface area contributed by atoms with Crippen LogP contribution in [0.25, 0.3) is 11.0 Å². The van der Waals surface area contributed by atoms with Crippen LogP contribution in [0.5, 0.6) is 0 Å². The zero-order valence-corrected chi connectivity index (χ0v) is 12.5. The molecule has 112 valence electrons. The number of rotatable bonds is 1. The van der Waals surface area contributed by atoms with Crippen molar-refractivity contribution in [2.75, 3.05) is 32.4 Å². The van der Waals surface area contributed by atoms with E-state index in [0.717, 1.165) is 31.4 Å². The number of hydrogen-bond acceptors (Lipinski definition) is 4. The summed E-state index contributed by atoms with van der Waals surface area (Å²) in [6, 6.07) is 7.39. The Morgan fingerprint density at radius 2 is 2.14 bits per heavy atom. The van der Waals surface area contributed by atoms with Crippen molar-refractivity contribution < 1.29 is 9.21 Å². The quantitative estimate of drug-likeness (QED) is 0.817. The van der Waals surface area contributed by atoms with E-state index in [1.54, 1.807) is 18.2 Å². The normalized spacial score (nSPS) is 20.7. The van der Waals surface area contributed by atoms with Gasteiger partial charge in [-0.05, 0) is 51.2 Å². The average molecular weight is 287 g/mol. The summed E-state index contributed by atoms with van der Waals surface area (Å²) in [5.74, 6) is 0.361. The van der Waals surface area contributed by atoms with E-state index >= 15 is 0 Å². The van der Waals surface area contributed by atoms with Crippen LogP contribution in [0.4, 0.5) is 5.69 Å². The van der Waals surface area contributed by atoms with Crippen molar-refractivity contribution in [1.29, 1.82) is 0 Å². The maximum absolute atomic E-state index is 12.7. The minimum absolute atomic E-state index is 0.0347. The molecular weight excluding hydrogens is 266 g/mol. The smallest absolute Gasteiger partial charge is 0.289 e. The summed E-state index contributed by atoms with van der Waals surface area (Å²) in [4.78, 5) is 16.9. The summed E-state index contributed by atoms with van der Waals surface area (Å²) in [7, 11) is 2.09. The Kier molecular flexibility index (Phi) is 3.59. The predicted molar refractivity (Wildman–Crippen MR) is 83.2 cm³/mol. The number of furan rings is 1. The molecule has 0 radical (unpaired) electrons. The SMILES string of the molecule is CC1CN(C)CCCN1C(=O)c1cc2cc(N)ccc2o1. The molecule has 0 aliphatic carbocycles. The number of nitrogens with zero attached hydrogens (tertiary/aromatic N) is 2. The lowest BCUT2D eigenvalue weighted by Gasteiger charge is -2.27. The first-order valence-corrected chi connectivity index (χ1v) is 7.33. The molecule has 1 unspecified atom stereocenters. The minimum atomic E-state index is -0.0347. The van der Waals surface area contributed by atoms with Gasteiger partial charge in [-0.3, -0.25) is 4.79 Å². The highest BCUT2D eigenvalue weighted by atomic mass is 16.3. The van der Waals surface area contributed by atoms with Crippen LogP contribution in [0.3, 0.4) is 0 Å². The summed E-state index contributed by atoms with van der Waals surface area (Å²) in [6.07, 6.45) is 0.986. The van der Waals surface area contributed by atoms with Crippen LogP contribution in [0.2, 0.25) is 0 Å². The van der Waals surface area contributed by atoms with E-state index in [9.17, 15) is 4.79 Å². The van der Waals surface area contributed by atoms with Crippen molar-refractivity contribution in [3.05, 3.63) is 30.0 Å². The van der Waals surface area contributed by atoms with E-state index in [1.807, 2.05) is 11.0 Å². The molecule has 0 saturated carbocycles. The van der Waals surface area contributed by atoms with Gasteiger partial charge in [-0.2, -0.15) is 0 Å². The number of nitrogens with two attached hydrogens (primary N) is 1. The molecule has 2 aromatic rings. The monoisotopic (exact) mass is 287 g/mol. The van der Waals surface area contributed by atoms with Crippen molar-refractivity contribution in [3.8, 4) is 0 Å². The van der Waals surface area contributed by atoms with Crippen molar-refractivity contribution in [3.63, 3.8) is 0 Å². The standard InChI is InChI=1S/C16H21N3O2/c1-11-10-18(2)6-3-7-19(11)16(20)15-9-12-8-13(17)4-5-14(12)21-15/h4-5,8-9,11H,3,6-7,10,17H2,1-2H3. The highest BCUT2D eigenvalue weighted by molar-refractivity contribution is 5.96. The third kappa shape index (κ3) is 2.74. The molecule has 0 bridgehead atoms. The van der Waals surface area contributed by atoms with Crippen LogP contribution < -0.4 is 5.73 Å². The predicted octanol–water partition coefficient (Wildman–Crippen LogP) is 2.18. The van der Waals surface area contributed by atoms with E-state index in [0.29, 0.717) is 17.0 Å². The number of anilines is 1. The van der Waals surface area contributed by atoms with Gasteiger partial charge in [0.1, 0.15) is 5.58 Å². The average Bonchev–Trinajstić information content (AvgIpc) is 2.77. The second-order valence-electron chi connectivity index (χ2n) is 5.87. The van der Waals surface area contributed by atoms with Crippen LogP contribution in [0.15, 0.2) is 28.7 Å². The molecule has 2 N–H and O–H groups in total. The number of nitrogen functional groups attached to an aromatic ring is 1. The van der Waals surface area contributed by atoms with Crippen molar-refractivity contribution in [2.45, 2.75) is 19.4 Å². The van der Waals surface area contributed by atoms with Crippen molar-refractivity contribution in [1.82, 2.24) is 9.80 Å². The first kappa shape index (κ1) is 13.9. The van der Waals surface area contributed by atoms with Gasteiger partial charge < -0.3 is 20.0 Å². The van der Waals surface area contributed by atoms with E-state index in [2.05, 4.69) is 18.9 Å². The molecule has 5 heteroatoms. The molecule has 1 fully saturated rings. The maximum atomic E-state index is 12.7. The van der Waals surface area contributed by atoms with E-state index in [1.165, 1.54) is 0 Å². The molecule has 2 heterocycles. The fourth-order valence-electron chi connectivity index (χ4n) is 2.98. The van der Waals surface area contributed by atoms with Gasteiger partial charge in [-0.25, -0.2) is 0 Å². The second-order valence-corrected chi connectivity index (χ2v) is 5.87. The lowest BCUT2D eigenvalue weighted by molar-refractivity contribution is 0.0666. The van der Waals surface area contributed by atoms with Crippen molar-refractivity contribution in [2.24, 2.45) is 0 Å². The number of hydrogen-bond donors (Lipinski definition) is 1. The van der Waals surface area contributed by atoms with Crippen LogP contribution in [0, 0.1) is 0 Å². The van der Waals surface area contributed by atoms with Gasteiger partial charge in [0.05, 0.1) is 0 Å². The first-order chi connectivity index (χ1) is 10.0. The Balaban J connectivity index is 1.88. The fourth-order valence-corrected chi connectivity index (χ4v) is 2.98. The molecule has 1 amide bonds. The largest absolute Gasteiger partial charge is 0.451 e. The summed E-state index contributed by atoms with van der Waals surface area (Å²) in [6.45, 7) is 4.76. The third-order valence-electron chi connectivity index (χ3n) is 4.06. The summed E-state index contributed by atoms with van der Waals surface area (Å²) in [5, 5.41) is 0.873. The number of fused-ring (bicyclic) bond motifs is 1. The molecule has 1 saturated heterocycles. The molecule has 3 rings (SSSR count). The van der Waals surface area contributed by atoms with Crippen LogP contribution >= 0.6 is 0 Å². The Morgan fingerprint density at radius 1 is 1.33 bits per heavy atom. The topological polar surface area (TPSA) is 62.7 Å². The van der Waals surface area contributed by atoms with Gasteiger partial charge in [0.15, 0.2) is 5.76 Å². The van der Waals surface area contributed by atoms with Gasteiger partial charge in [-0.1, -0.05) is 0 Å². The molecule has 0 spiro atoms. The lowest BCUT2D eigenvalue weighted by Crippen LogP contribution is -2.41. The molecule has 1 aliphatic rings. The minimum Gasteiger partial charge on any atom is -0.451 e. The van der Waals surface area contributed by atoms with Crippen molar-refractivity contribution >= 4 is 22.6 Å². The third-order valence-corrected chi connectivity index (χ3v) is 4.06. The van der Waals surface area contributed by atoms with Crippen LogP contribution in [0.1, 0.15) is 23.9 Å². The number of benzene rings is 1. The molecule has 1 atom stereocenters. The zero-order chi connectivity index (χ0) is 15.0. The summed E-state index contributed by atoms with van der Waals surface area (Å²) in [5.41, 5.74) is 7.14. The Morgan fingerprint density at radius 3 is 2.95 bits per heavy atom. The Hall–Kier alpha value is -2.01. The number of likely N-dealkylation sites (N-methyl/N-ethyl adjacent to an activating group) is 1. The molecule has 21 heavy (non-hydrogen) atoms. The van der Waals surface area contributed by atoms with Gasteiger partial charge >= 0.3 is 0 Å². The fraction of sp³-hybridized carbons (Fsp3) is 0.438. The lowest BCUT2D eigenvalue weighted by atomic mass is 10.2. The molecule has 1 aliphatic heterocycles. The zero-order valence-electron chi connectivity index (χ0n) is 12.5. The molecule has 5 nitrogen and oxygen atoms in total. The highest BCUT2D eigenvalue weighted by Gasteiger charge is 2.27.